The van der Waals surface area contributed by atoms with E-state index in [4.69, 9.17) is 4.74 Å². The number of ether oxygens (including phenoxy) is 1. The van der Waals surface area contributed by atoms with Crippen LogP contribution in [0.1, 0.15) is 17.5 Å². The lowest BCUT2D eigenvalue weighted by Crippen LogP contribution is -2.40. The first kappa shape index (κ1) is 26.1. The molecule has 30 heavy (non-hydrogen) atoms. The maximum Gasteiger partial charge on any atom is 0.250 e. The Morgan fingerprint density at radius 1 is 1.10 bits per heavy atom. The van der Waals surface area contributed by atoms with Gasteiger partial charge >= 0.3 is 0 Å². The third kappa shape index (κ3) is 9.73. The average Bonchev–Trinajstić information content (AvgIpc) is 2.73. The summed E-state index contributed by atoms with van der Waals surface area (Å²) in [5.74, 6) is 0.787. The lowest BCUT2D eigenvalue weighted by Gasteiger charge is -2.18. The van der Waals surface area contributed by atoms with Crippen LogP contribution in [0.15, 0.2) is 58.4 Å². The molecule has 1 aromatic heterocycles. The summed E-state index contributed by atoms with van der Waals surface area (Å²) >= 11 is 0. The number of hydrogen-bond acceptors (Lipinski definition) is 4. The molecular weight excluding hydrogens is 493 g/mol. The molecule has 166 valence electrons. The van der Waals surface area contributed by atoms with E-state index in [0.717, 1.165) is 49.7 Å². The summed E-state index contributed by atoms with van der Waals surface area (Å²) in [5, 5.41) is 6.67. The van der Waals surface area contributed by atoms with Crippen LogP contribution in [0.3, 0.4) is 0 Å². The number of nitrogens with zero attached hydrogens (tertiary/aromatic N) is 3. The number of halogens is 1. The largest absolute Gasteiger partial charge is 0.385 e. The summed E-state index contributed by atoms with van der Waals surface area (Å²) < 4.78 is 6.78. The molecule has 2 aromatic rings. The van der Waals surface area contributed by atoms with Gasteiger partial charge in [0.15, 0.2) is 5.96 Å². The Balaban J connectivity index is 0.00000450. The van der Waals surface area contributed by atoms with Gasteiger partial charge in [0, 0.05) is 59.2 Å². The van der Waals surface area contributed by atoms with Crippen LogP contribution in [0, 0.1) is 0 Å². The van der Waals surface area contributed by atoms with Crippen LogP contribution in [-0.2, 0) is 17.8 Å². The third-order valence-corrected chi connectivity index (χ3v) is 4.63. The SMILES string of the molecule is CN=C(NCCN(C)CCCOC)NCc1ccc(Cn2ccccc2=O)cc1.I. The summed E-state index contributed by atoms with van der Waals surface area (Å²) in [6.07, 6.45) is 2.84. The predicted octanol–water partition coefficient (Wildman–Crippen LogP) is 2.15. The monoisotopic (exact) mass is 527 g/mol. The first-order valence-electron chi connectivity index (χ1n) is 9.97. The van der Waals surface area contributed by atoms with Crippen LogP contribution < -0.4 is 16.2 Å². The molecule has 0 aliphatic carbocycles. The molecule has 7 nitrogen and oxygen atoms in total. The van der Waals surface area contributed by atoms with Gasteiger partial charge in [-0.1, -0.05) is 30.3 Å². The van der Waals surface area contributed by atoms with Crippen molar-refractivity contribution in [3.8, 4) is 0 Å². The van der Waals surface area contributed by atoms with Gasteiger partial charge in [0.05, 0.1) is 6.54 Å². The second-order valence-electron chi connectivity index (χ2n) is 6.99. The van der Waals surface area contributed by atoms with Crippen molar-refractivity contribution in [3.05, 3.63) is 70.1 Å². The highest BCUT2D eigenvalue weighted by molar-refractivity contribution is 14.0. The number of likely N-dealkylation sites (N-methyl/N-ethyl adjacent to an activating group) is 1. The van der Waals surface area contributed by atoms with E-state index in [-0.39, 0.29) is 29.5 Å². The minimum atomic E-state index is 0. The minimum Gasteiger partial charge on any atom is -0.385 e. The van der Waals surface area contributed by atoms with E-state index in [9.17, 15) is 4.79 Å². The van der Waals surface area contributed by atoms with Gasteiger partial charge in [-0.25, -0.2) is 0 Å². The summed E-state index contributed by atoms with van der Waals surface area (Å²) in [6.45, 7) is 4.85. The number of nitrogens with one attached hydrogen (secondary N) is 2. The molecule has 0 fully saturated rings. The molecule has 0 spiro atoms. The van der Waals surface area contributed by atoms with Crippen molar-refractivity contribution in [2.75, 3.05) is 47.4 Å². The number of methoxy groups -OCH3 is 1. The summed E-state index contributed by atoms with van der Waals surface area (Å²) in [5.41, 5.74) is 2.27. The van der Waals surface area contributed by atoms with Gasteiger partial charge in [-0.3, -0.25) is 9.79 Å². The minimum absolute atomic E-state index is 0. The van der Waals surface area contributed by atoms with Crippen LogP contribution in [0.5, 0.6) is 0 Å². The Bertz CT molecular complexity index is 808. The maximum atomic E-state index is 11.8. The normalized spacial score (nSPS) is 11.3. The highest BCUT2D eigenvalue weighted by atomic mass is 127. The van der Waals surface area contributed by atoms with Gasteiger partial charge in [0.1, 0.15) is 0 Å². The van der Waals surface area contributed by atoms with E-state index in [1.807, 2.05) is 12.3 Å². The van der Waals surface area contributed by atoms with Crippen LogP contribution in [0.2, 0.25) is 0 Å². The summed E-state index contributed by atoms with van der Waals surface area (Å²) in [7, 11) is 5.62. The molecule has 2 rings (SSSR count). The highest BCUT2D eigenvalue weighted by Crippen LogP contribution is 2.05. The smallest absolute Gasteiger partial charge is 0.250 e. The standard InChI is InChI=1S/C22H33N5O2.HI/c1-23-22(24-12-15-26(2)13-6-16-29-3)25-17-19-8-10-20(11-9-19)18-27-14-5-4-7-21(27)28;/h4-5,7-11,14H,6,12-13,15-18H2,1-3H3,(H2,23,24,25);1H. The lowest BCUT2D eigenvalue weighted by molar-refractivity contribution is 0.180. The van der Waals surface area contributed by atoms with Gasteiger partial charge in [-0.05, 0) is 30.7 Å². The van der Waals surface area contributed by atoms with Crippen LogP contribution in [0.4, 0.5) is 0 Å². The first-order chi connectivity index (χ1) is 14.1. The second kappa shape index (κ2) is 15.0. The van der Waals surface area contributed by atoms with Crippen molar-refractivity contribution in [1.29, 1.82) is 0 Å². The molecule has 0 radical (unpaired) electrons. The van der Waals surface area contributed by atoms with Crippen molar-refractivity contribution in [2.24, 2.45) is 4.99 Å². The topological polar surface area (TPSA) is 70.9 Å². The predicted molar refractivity (Wildman–Crippen MR) is 134 cm³/mol. The van der Waals surface area contributed by atoms with E-state index >= 15 is 0 Å². The number of aromatic nitrogens is 1. The van der Waals surface area contributed by atoms with Crippen molar-refractivity contribution >= 4 is 29.9 Å². The molecule has 0 atom stereocenters. The molecule has 0 amide bonds. The molecule has 1 heterocycles. The summed E-state index contributed by atoms with van der Waals surface area (Å²) in [4.78, 5) is 18.4. The Morgan fingerprint density at radius 2 is 1.83 bits per heavy atom. The average molecular weight is 527 g/mol. The van der Waals surface area contributed by atoms with E-state index < -0.39 is 0 Å². The zero-order valence-electron chi connectivity index (χ0n) is 18.1. The molecule has 2 N–H and O–H groups in total. The molecule has 0 saturated heterocycles. The Hall–Kier alpha value is -1.91. The van der Waals surface area contributed by atoms with Gasteiger partial charge in [-0.2, -0.15) is 0 Å². The van der Waals surface area contributed by atoms with E-state index in [2.05, 4.69) is 51.8 Å². The Kier molecular flexibility index (Phi) is 13.0. The fourth-order valence-corrected chi connectivity index (χ4v) is 2.91. The molecule has 0 saturated carbocycles. The van der Waals surface area contributed by atoms with Crippen LogP contribution >= 0.6 is 24.0 Å². The Labute approximate surface area is 196 Å². The molecular formula is C22H34IN5O2. The van der Waals surface area contributed by atoms with Crippen molar-refractivity contribution < 1.29 is 4.74 Å². The molecule has 1 aromatic carbocycles. The van der Waals surface area contributed by atoms with Gasteiger partial charge in [0.2, 0.25) is 0 Å². The number of pyridine rings is 1. The van der Waals surface area contributed by atoms with Crippen molar-refractivity contribution in [3.63, 3.8) is 0 Å². The number of hydrogen-bond donors (Lipinski definition) is 2. The number of aliphatic imine (C=N–C) groups is 1. The maximum absolute atomic E-state index is 11.8. The van der Waals surface area contributed by atoms with Crippen LogP contribution in [0.25, 0.3) is 0 Å². The molecule has 8 heteroatoms. The summed E-state index contributed by atoms with van der Waals surface area (Å²) in [6, 6.07) is 13.5. The molecule has 0 bridgehead atoms. The zero-order valence-corrected chi connectivity index (χ0v) is 20.5. The van der Waals surface area contributed by atoms with Gasteiger partial charge < -0.3 is 24.8 Å². The zero-order chi connectivity index (χ0) is 20.9. The van der Waals surface area contributed by atoms with Gasteiger partial charge in [0.25, 0.3) is 5.56 Å². The third-order valence-electron chi connectivity index (χ3n) is 4.63. The Morgan fingerprint density at radius 3 is 2.50 bits per heavy atom. The fourth-order valence-electron chi connectivity index (χ4n) is 2.91. The molecule has 0 aliphatic rings. The number of guanidine groups is 1. The fraction of sp³-hybridized carbons (Fsp3) is 0.455. The number of benzene rings is 1. The van der Waals surface area contributed by atoms with Gasteiger partial charge in [-0.15, -0.1) is 24.0 Å². The van der Waals surface area contributed by atoms with E-state index in [0.29, 0.717) is 13.1 Å². The highest BCUT2D eigenvalue weighted by Gasteiger charge is 2.02. The second-order valence-corrected chi connectivity index (χ2v) is 6.99. The molecule has 0 unspecified atom stereocenters. The quantitative estimate of drug-likeness (QED) is 0.203. The van der Waals surface area contributed by atoms with Crippen LogP contribution in [-0.4, -0.2) is 62.9 Å². The molecule has 0 aliphatic heterocycles. The van der Waals surface area contributed by atoms with Crippen molar-refractivity contribution in [2.45, 2.75) is 19.5 Å². The number of rotatable bonds is 11. The van der Waals surface area contributed by atoms with E-state index in [1.165, 1.54) is 0 Å². The van der Waals surface area contributed by atoms with Crippen molar-refractivity contribution in [1.82, 2.24) is 20.1 Å². The first-order valence-corrected chi connectivity index (χ1v) is 9.97. The lowest BCUT2D eigenvalue weighted by atomic mass is 10.1. The van der Waals surface area contributed by atoms with E-state index in [1.54, 1.807) is 30.9 Å².